The number of rotatable bonds is 5. The van der Waals surface area contributed by atoms with Gasteiger partial charge < -0.3 is 5.32 Å². The van der Waals surface area contributed by atoms with Crippen LogP contribution in [0.15, 0.2) is 46.6 Å². The maximum Gasteiger partial charge on any atom is 0.226 e. The summed E-state index contributed by atoms with van der Waals surface area (Å²) < 4.78 is 0. The minimum absolute atomic E-state index is 0.0414. The number of nitrogens with one attached hydrogen (secondary N) is 1. The Labute approximate surface area is 136 Å². The lowest BCUT2D eigenvalue weighted by Crippen LogP contribution is -2.28. The molecule has 0 aliphatic carbocycles. The largest absolute Gasteiger partial charge is 0.348 e. The molecule has 6 heteroatoms. The van der Waals surface area contributed by atoms with Gasteiger partial charge in [-0.3, -0.25) is 9.78 Å². The molecule has 1 amide bonds. The Morgan fingerprint density at radius 1 is 1.32 bits per heavy atom. The number of thiazole rings is 1. The van der Waals surface area contributed by atoms with Crippen LogP contribution >= 0.6 is 22.7 Å². The number of hydrogen-bond acceptors (Lipinski definition) is 5. The molecule has 3 aromatic heterocycles. The molecular weight excluding hydrogens is 314 g/mol. The Kier molecular flexibility index (Phi) is 4.60. The summed E-state index contributed by atoms with van der Waals surface area (Å²) in [5.41, 5.74) is 2.77. The Morgan fingerprint density at radius 2 is 2.23 bits per heavy atom. The van der Waals surface area contributed by atoms with Crippen molar-refractivity contribution in [2.24, 2.45) is 0 Å². The summed E-state index contributed by atoms with van der Waals surface area (Å²) >= 11 is 3.21. The van der Waals surface area contributed by atoms with Gasteiger partial charge in [0, 0.05) is 22.5 Å². The van der Waals surface area contributed by atoms with Gasteiger partial charge >= 0.3 is 0 Å². The second kappa shape index (κ2) is 6.81. The van der Waals surface area contributed by atoms with E-state index >= 15 is 0 Å². The van der Waals surface area contributed by atoms with Gasteiger partial charge in [-0.25, -0.2) is 4.98 Å². The van der Waals surface area contributed by atoms with Gasteiger partial charge in [0.15, 0.2) is 0 Å². The average molecular weight is 329 g/mol. The molecule has 1 unspecified atom stereocenters. The van der Waals surface area contributed by atoms with Crippen LogP contribution in [0.5, 0.6) is 0 Å². The van der Waals surface area contributed by atoms with Crippen molar-refractivity contribution in [2.45, 2.75) is 19.4 Å². The van der Waals surface area contributed by atoms with Gasteiger partial charge in [-0.2, -0.15) is 11.3 Å². The average Bonchev–Trinajstić information content (AvgIpc) is 3.19. The van der Waals surface area contributed by atoms with E-state index in [1.165, 1.54) is 0 Å². The van der Waals surface area contributed by atoms with E-state index in [1.54, 1.807) is 28.9 Å². The Balaban J connectivity index is 1.60. The van der Waals surface area contributed by atoms with Crippen LogP contribution in [0.3, 0.4) is 0 Å². The number of carbonyl (C=O) groups excluding carboxylic acids is 1. The molecule has 0 fully saturated rings. The molecule has 0 aliphatic heterocycles. The number of pyridine rings is 1. The first-order valence-corrected chi connectivity index (χ1v) is 8.72. The zero-order valence-electron chi connectivity index (χ0n) is 12.0. The van der Waals surface area contributed by atoms with Crippen LogP contribution in [-0.2, 0) is 11.2 Å². The van der Waals surface area contributed by atoms with Crippen molar-refractivity contribution in [2.75, 3.05) is 0 Å². The number of carbonyl (C=O) groups is 1. The Bertz CT molecular complexity index is 738. The third-order valence-electron chi connectivity index (χ3n) is 3.17. The minimum atomic E-state index is -0.108. The van der Waals surface area contributed by atoms with Gasteiger partial charge in [-0.05, 0) is 30.5 Å². The number of aromatic nitrogens is 2. The van der Waals surface area contributed by atoms with Gasteiger partial charge in [-0.15, -0.1) is 11.3 Å². The number of amides is 1. The summed E-state index contributed by atoms with van der Waals surface area (Å²) in [7, 11) is 0. The predicted octanol–water partition coefficient (Wildman–Crippen LogP) is 3.69. The summed E-state index contributed by atoms with van der Waals surface area (Å²) in [4.78, 5) is 20.9. The lowest BCUT2D eigenvalue weighted by molar-refractivity contribution is -0.121. The van der Waals surface area contributed by atoms with Crippen LogP contribution in [0.1, 0.15) is 24.4 Å². The van der Waals surface area contributed by atoms with E-state index in [2.05, 4.69) is 20.7 Å². The molecule has 112 valence electrons. The van der Waals surface area contributed by atoms with Crippen molar-refractivity contribution in [1.29, 1.82) is 0 Å². The topological polar surface area (TPSA) is 54.9 Å². The van der Waals surface area contributed by atoms with E-state index in [4.69, 9.17) is 0 Å². The van der Waals surface area contributed by atoms with Crippen molar-refractivity contribution in [3.8, 4) is 10.6 Å². The van der Waals surface area contributed by atoms with Crippen molar-refractivity contribution in [3.05, 3.63) is 58.0 Å². The van der Waals surface area contributed by atoms with E-state index in [9.17, 15) is 4.79 Å². The lowest BCUT2D eigenvalue weighted by Gasteiger charge is -2.12. The highest BCUT2D eigenvalue weighted by Crippen LogP contribution is 2.25. The summed E-state index contributed by atoms with van der Waals surface area (Å²) in [5.74, 6) is -0.0414. The van der Waals surface area contributed by atoms with Gasteiger partial charge in [0.2, 0.25) is 5.91 Å². The zero-order valence-corrected chi connectivity index (χ0v) is 13.7. The summed E-state index contributed by atoms with van der Waals surface area (Å²) in [6.07, 6.45) is 2.02. The second-order valence-corrected chi connectivity index (χ2v) is 6.51. The molecule has 0 aliphatic rings. The Morgan fingerprint density at radius 3 is 2.95 bits per heavy atom. The molecule has 0 radical (unpaired) electrons. The molecule has 0 aromatic carbocycles. The first-order valence-electron chi connectivity index (χ1n) is 6.89. The second-order valence-electron chi connectivity index (χ2n) is 4.88. The molecule has 0 spiro atoms. The van der Waals surface area contributed by atoms with Crippen molar-refractivity contribution in [3.63, 3.8) is 0 Å². The highest BCUT2D eigenvalue weighted by atomic mass is 32.1. The molecule has 4 nitrogen and oxygen atoms in total. The molecule has 1 N–H and O–H groups in total. The summed E-state index contributed by atoms with van der Waals surface area (Å²) in [5, 5.41) is 9.94. The van der Waals surface area contributed by atoms with Crippen molar-refractivity contribution >= 4 is 28.6 Å². The maximum atomic E-state index is 12.1. The molecule has 0 saturated heterocycles. The molecule has 3 heterocycles. The fraction of sp³-hybridized carbons (Fsp3) is 0.188. The molecule has 0 saturated carbocycles. The minimum Gasteiger partial charge on any atom is -0.348 e. The fourth-order valence-corrected chi connectivity index (χ4v) is 3.60. The maximum absolute atomic E-state index is 12.1. The van der Waals surface area contributed by atoms with E-state index < -0.39 is 0 Å². The van der Waals surface area contributed by atoms with Gasteiger partial charge in [-0.1, -0.05) is 6.07 Å². The Hall–Kier alpha value is -2.05. The van der Waals surface area contributed by atoms with Crippen LogP contribution in [0.4, 0.5) is 0 Å². The number of nitrogens with zero attached hydrogens (tertiary/aromatic N) is 2. The van der Waals surface area contributed by atoms with Crippen molar-refractivity contribution in [1.82, 2.24) is 15.3 Å². The highest BCUT2D eigenvalue weighted by molar-refractivity contribution is 7.14. The first-order chi connectivity index (χ1) is 10.7. The van der Waals surface area contributed by atoms with Crippen LogP contribution in [0.25, 0.3) is 10.6 Å². The molecule has 3 aromatic rings. The monoisotopic (exact) mass is 329 g/mol. The van der Waals surface area contributed by atoms with E-state index in [-0.39, 0.29) is 18.4 Å². The summed E-state index contributed by atoms with van der Waals surface area (Å²) in [6, 6.07) is 7.61. The highest BCUT2D eigenvalue weighted by Gasteiger charge is 2.13. The smallest absolute Gasteiger partial charge is 0.226 e. The van der Waals surface area contributed by atoms with Crippen LogP contribution in [0, 0.1) is 0 Å². The quantitative estimate of drug-likeness (QED) is 0.777. The molecule has 1 atom stereocenters. The summed E-state index contributed by atoms with van der Waals surface area (Å²) in [6.45, 7) is 1.93. The molecule has 0 bridgehead atoms. The molecule has 3 rings (SSSR count). The number of hydrogen-bond donors (Lipinski definition) is 1. The fourth-order valence-electron chi connectivity index (χ4n) is 2.07. The first kappa shape index (κ1) is 14.9. The van der Waals surface area contributed by atoms with E-state index in [0.29, 0.717) is 0 Å². The standard InChI is InChI=1S/C16H15N3OS2/c1-11(14-4-2-3-6-17-14)18-15(20)8-13-10-22-16(19-13)12-5-7-21-9-12/h2-7,9-11H,8H2,1H3,(H,18,20). The third-order valence-corrected chi connectivity index (χ3v) is 4.79. The van der Waals surface area contributed by atoms with Gasteiger partial charge in [0.25, 0.3) is 0 Å². The van der Waals surface area contributed by atoms with Crippen LogP contribution < -0.4 is 5.32 Å². The normalized spacial score (nSPS) is 12.0. The van der Waals surface area contributed by atoms with Gasteiger partial charge in [0.05, 0.1) is 23.9 Å². The predicted molar refractivity (Wildman–Crippen MR) is 89.9 cm³/mol. The third kappa shape index (κ3) is 3.58. The van der Waals surface area contributed by atoms with Crippen LogP contribution in [-0.4, -0.2) is 15.9 Å². The SMILES string of the molecule is CC(NC(=O)Cc1csc(-c2ccsc2)n1)c1ccccn1. The van der Waals surface area contributed by atoms with Crippen molar-refractivity contribution < 1.29 is 4.79 Å². The lowest BCUT2D eigenvalue weighted by atomic mass is 10.2. The van der Waals surface area contributed by atoms with E-state index in [1.807, 2.05) is 41.9 Å². The number of thiophene rings is 1. The zero-order chi connectivity index (χ0) is 15.4. The molecular formula is C16H15N3OS2. The van der Waals surface area contributed by atoms with E-state index in [0.717, 1.165) is 22.0 Å². The van der Waals surface area contributed by atoms with Gasteiger partial charge in [0.1, 0.15) is 5.01 Å². The molecule has 22 heavy (non-hydrogen) atoms. The van der Waals surface area contributed by atoms with Crippen LogP contribution in [0.2, 0.25) is 0 Å².